The molecule has 1 amide bonds. The number of nitrogens with one attached hydrogen (secondary N) is 1. The topological polar surface area (TPSA) is 99.0 Å². The Morgan fingerprint density at radius 3 is 2.29 bits per heavy atom. The van der Waals surface area contributed by atoms with Crippen LogP contribution in [0.5, 0.6) is 0 Å². The van der Waals surface area contributed by atoms with Crippen LogP contribution in [0.3, 0.4) is 0 Å². The third kappa shape index (κ3) is 5.15. The van der Waals surface area contributed by atoms with Crippen molar-refractivity contribution in [1.82, 2.24) is 25.1 Å². The molecule has 0 aromatic carbocycles. The normalized spacial score (nSPS) is 12.1. The molecule has 0 saturated heterocycles. The van der Waals surface area contributed by atoms with E-state index in [1.54, 1.807) is 4.68 Å². The Morgan fingerprint density at radius 2 is 1.75 bits per heavy atom. The van der Waals surface area contributed by atoms with Crippen LogP contribution < -0.4 is 5.32 Å². The van der Waals surface area contributed by atoms with Gasteiger partial charge >= 0.3 is 5.97 Å². The van der Waals surface area contributed by atoms with E-state index in [0.29, 0.717) is 12.4 Å². The van der Waals surface area contributed by atoms with Gasteiger partial charge in [0.25, 0.3) is 5.95 Å². The molecule has 2 aromatic rings. The molecule has 0 saturated carbocycles. The first-order valence-corrected chi connectivity index (χ1v) is 9.37. The zero-order valence-corrected chi connectivity index (χ0v) is 17.7. The van der Waals surface area contributed by atoms with Gasteiger partial charge in [-0.1, -0.05) is 13.8 Å². The molecule has 0 aliphatic heterocycles. The molecule has 152 valence electrons. The molecule has 0 radical (unpaired) electrons. The van der Waals surface area contributed by atoms with Crippen LogP contribution in [-0.2, 0) is 20.7 Å². The highest BCUT2D eigenvalue weighted by Crippen LogP contribution is 2.17. The Morgan fingerprint density at radius 1 is 1.14 bits per heavy atom. The fourth-order valence-electron chi connectivity index (χ4n) is 3.16. The number of methoxy groups -OCH3 is 1. The maximum absolute atomic E-state index is 12.6. The van der Waals surface area contributed by atoms with Gasteiger partial charge in [-0.05, 0) is 46.1 Å². The van der Waals surface area contributed by atoms with E-state index in [4.69, 9.17) is 4.74 Å². The van der Waals surface area contributed by atoms with Gasteiger partial charge in [-0.25, -0.2) is 19.4 Å². The average Bonchev–Trinajstić information content (AvgIpc) is 2.87. The Bertz CT molecular complexity index is 853. The molecule has 2 aromatic heterocycles. The molecule has 0 aliphatic carbocycles. The van der Waals surface area contributed by atoms with Crippen molar-refractivity contribution in [2.24, 2.45) is 5.92 Å². The zero-order chi connectivity index (χ0) is 21.0. The van der Waals surface area contributed by atoms with Gasteiger partial charge in [0.2, 0.25) is 5.91 Å². The Balaban J connectivity index is 2.23. The van der Waals surface area contributed by atoms with Crippen molar-refractivity contribution >= 4 is 11.9 Å². The Kier molecular flexibility index (Phi) is 6.88. The van der Waals surface area contributed by atoms with Crippen molar-refractivity contribution in [1.29, 1.82) is 0 Å². The summed E-state index contributed by atoms with van der Waals surface area (Å²) in [6, 6.07) is 1.24. The van der Waals surface area contributed by atoms with Crippen molar-refractivity contribution in [3.63, 3.8) is 0 Å². The number of hydrogen-bond donors (Lipinski definition) is 1. The third-order valence-corrected chi connectivity index (χ3v) is 4.47. The molecule has 0 spiro atoms. The summed E-state index contributed by atoms with van der Waals surface area (Å²) in [7, 11) is 1.32. The second kappa shape index (κ2) is 8.95. The Labute approximate surface area is 165 Å². The molecule has 8 nitrogen and oxygen atoms in total. The molecular formula is C20H29N5O3. The quantitative estimate of drug-likeness (QED) is 0.731. The van der Waals surface area contributed by atoms with Crippen molar-refractivity contribution in [3.8, 4) is 5.95 Å². The molecule has 1 unspecified atom stereocenters. The highest BCUT2D eigenvalue weighted by Gasteiger charge is 2.24. The zero-order valence-electron chi connectivity index (χ0n) is 17.7. The van der Waals surface area contributed by atoms with Crippen molar-refractivity contribution < 1.29 is 14.3 Å². The summed E-state index contributed by atoms with van der Waals surface area (Å²) in [6.07, 6.45) is 0.639. The van der Waals surface area contributed by atoms with Gasteiger partial charge in [0, 0.05) is 22.6 Å². The molecule has 1 atom stereocenters. The maximum Gasteiger partial charge on any atom is 0.328 e. The van der Waals surface area contributed by atoms with Crippen molar-refractivity contribution in [3.05, 3.63) is 34.4 Å². The number of carbonyl (C=O) groups is 2. The lowest BCUT2D eigenvalue weighted by atomic mass is 10.0. The summed E-state index contributed by atoms with van der Waals surface area (Å²) in [5, 5.41) is 7.30. The van der Waals surface area contributed by atoms with Crippen LogP contribution in [-0.4, -0.2) is 44.8 Å². The lowest BCUT2D eigenvalue weighted by molar-refractivity contribution is -0.145. The summed E-state index contributed by atoms with van der Waals surface area (Å²) < 4.78 is 6.47. The minimum atomic E-state index is -0.657. The minimum absolute atomic E-state index is 0.119. The fourth-order valence-corrected chi connectivity index (χ4v) is 3.16. The monoisotopic (exact) mass is 387 g/mol. The van der Waals surface area contributed by atoms with Crippen molar-refractivity contribution in [2.75, 3.05) is 7.11 Å². The molecule has 28 heavy (non-hydrogen) atoms. The molecule has 2 heterocycles. The lowest BCUT2D eigenvalue weighted by Gasteiger charge is -2.18. The second-order valence-corrected chi connectivity index (χ2v) is 7.46. The number of esters is 1. The van der Waals surface area contributed by atoms with Crippen molar-refractivity contribution in [2.45, 2.75) is 60.4 Å². The number of ether oxygens (including phenoxy) is 1. The molecule has 0 bridgehead atoms. The van der Waals surface area contributed by atoms with Gasteiger partial charge in [-0.15, -0.1) is 0 Å². The molecule has 8 heteroatoms. The van der Waals surface area contributed by atoms with Gasteiger partial charge in [-0.3, -0.25) is 4.79 Å². The Hall–Kier alpha value is -2.77. The summed E-state index contributed by atoms with van der Waals surface area (Å²) in [5.41, 5.74) is 4.03. The molecule has 1 N–H and O–H groups in total. The van der Waals surface area contributed by atoms with Gasteiger partial charge in [-0.2, -0.15) is 5.10 Å². The van der Waals surface area contributed by atoms with E-state index in [1.165, 1.54) is 7.11 Å². The summed E-state index contributed by atoms with van der Waals surface area (Å²) >= 11 is 0. The van der Waals surface area contributed by atoms with Crippen LogP contribution in [0, 0.1) is 33.6 Å². The van der Waals surface area contributed by atoms with Gasteiger partial charge in [0.1, 0.15) is 6.04 Å². The van der Waals surface area contributed by atoms with Gasteiger partial charge < -0.3 is 10.1 Å². The first-order valence-electron chi connectivity index (χ1n) is 9.37. The predicted octanol–water partition coefficient (Wildman–Crippen LogP) is 2.14. The average molecular weight is 387 g/mol. The van der Waals surface area contributed by atoms with E-state index >= 15 is 0 Å². The van der Waals surface area contributed by atoms with Crippen LogP contribution in [0.4, 0.5) is 0 Å². The van der Waals surface area contributed by atoms with E-state index in [9.17, 15) is 9.59 Å². The number of hydrogen-bond acceptors (Lipinski definition) is 6. The smallest absolute Gasteiger partial charge is 0.328 e. The molecule has 0 aliphatic rings. The number of amides is 1. The number of rotatable bonds is 7. The number of aromatic nitrogens is 4. The first kappa shape index (κ1) is 21.5. The van der Waals surface area contributed by atoms with E-state index in [0.717, 1.165) is 28.3 Å². The van der Waals surface area contributed by atoms with Crippen LogP contribution in [0.15, 0.2) is 6.07 Å². The van der Waals surface area contributed by atoms with E-state index in [2.05, 4.69) is 20.4 Å². The van der Waals surface area contributed by atoms with Crippen LogP contribution in [0.1, 0.15) is 48.6 Å². The SMILES string of the molecule is COC(=O)C(CC(C)C)NC(=O)Cc1c(C)nn(-c2nc(C)cc(C)n2)c1C. The van der Waals surface area contributed by atoms with E-state index in [1.807, 2.05) is 47.6 Å². The maximum atomic E-state index is 12.6. The summed E-state index contributed by atoms with van der Waals surface area (Å²) in [5.74, 6) is 0.0484. The van der Waals surface area contributed by atoms with Gasteiger partial charge in [0.05, 0.1) is 19.2 Å². The first-order chi connectivity index (χ1) is 13.1. The van der Waals surface area contributed by atoms with Crippen LogP contribution >= 0.6 is 0 Å². The predicted molar refractivity (Wildman–Crippen MR) is 105 cm³/mol. The molecule has 0 fully saturated rings. The van der Waals surface area contributed by atoms with E-state index in [-0.39, 0.29) is 18.2 Å². The number of carbonyl (C=O) groups excluding carboxylic acids is 2. The highest BCUT2D eigenvalue weighted by atomic mass is 16.5. The fraction of sp³-hybridized carbons (Fsp3) is 0.550. The molecule has 2 rings (SSSR count). The number of aryl methyl sites for hydroxylation is 3. The van der Waals surface area contributed by atoms with Gasteiger partial charge in [0.15, 0.2) is 0 Å². The minimum Gasteiger partial charge on any atom is -0.467 e. The second-order valence-electron chi connectivity index (χ2n) is 7.46. The standard InChI is InChI=1S/C20H29N5O3/c1-11(2)8-17(19(27)28-7)23-18(26)10-16-14(5)24-25(15(16)6)20-21-12(3)9-13(4)22-20/h9,11,17H,8,10H2,1-7H3,(H,23,26). The van der Waals surface area contributed by atoms with E-state index < -0.39 is 12.0 Å². The van der Waals surface area contributed by atoms with Crippen LogP contribution in [0.25, 0.3) is 5.95 Å². The summed E-state index contributed by atoms with van der Waals surface area (Å²) in [6.45, 7) is 11.5. The molecular weight excluding hydrogens is 358 g/mol. The highest BCUT2D eigenvalue weighted by molar-refractivity contribution is 5.85. The third-order valence-electron chi connectivity index (χ3n) is 4.47. The van der Waals surface area contributed by atoms with Crippen LogP contribution in [0.2, 0.25) is 0 Å². The number of nitrogens with zero attached hydrogens (tertiary/aromatic N) is 4. The largest absolute Gasteiger partial charge is 0.467 e. The summed E-state index contributed by atoms with van der Waals surface area (Å²) in [4.78, 5) is 33.4. The lowest BCUT2D eigenvalue weighted by Crippen LogP contribution is -2.43.